The standard InChI is InChI=1S/C28H21N3O/c1-16-7-9-19-15-29-12-11-20(19)26(16)24-13-25(30-14-17(24)2)23-6-4-5-21-22-10-8-18(3)31-28(22)32-27(21)23/h4-15H,1-3H3. The molecule has 32 heavy (non-hydrogen) atoms. The molecule has 0 saturated heterocycles. The summed E-state index contributed by atoms with van der Waals surface area (Å²) in [5.74, 6) is 0. The highest BCUT2D eigenvalue weighted by molar-refractivity contribution is 6.08. The average Bonchev–Trinajstić information content (AvgIpc) is 3.17. The number of rotatable bonds is 2. The van der Waals surface area contributed by atoms with Crippen LogP contribution in [-0.2, 0) is 0 Å². The van der Waals surface area contributed by atoms with Gasteiger partial charge in [0.05, 0.1) is 5.69 Å². The molecule has 4 heterocycles. The molecular formula is C28H21N3O. The number of nitrogens with zero attached hydrogens (tertiary/aromatic N) is 3. The van der Waals surface area contributed by atoms with E-state index in [9.17, 15) is 0 Å². The Labute approximate surface area is 185 Å². The summed E-state index contributed by atoms with van der Waals surface area (Å²) in [7, 11) is 0. The Hall–Kier alpha value is -4.05. The Morgan fingerprint density at radius 2 is 1.66 bits per heavy atom. The van der Waals surface area contributed by atoms with Crippen LogP contribution in [0.25, 0.3) is 55.2 Å². The third kappa shape index (κ3) is 2.80. The number of pyridine rings is 3. The normalized spacial score (nSPS) is 11.6. The molecule has 0 saturated carbocycles. The van der Waals surface area contributed by atoms with Crippen molar-refractivity contribution in [2.45, 2.75) is 20.8 Å². The zero-order chi connectivity index (χ0) is 21.8. The Morgan fingerprint density at radius 3 is 2.56 bits per heavy atom. The van der Waals surface area contributed by atoms with Gasteiger partial charge in [-0.05, 0) is 78.7 Å². The van der Waals surface area contributed by atoms with E-state index in [0.717, 1.165) is 44.3 Å². The molecule has 0 fully saturated rings. The zero-order valence-corrected chi connectivity index (χ0v) is 18.2. The molecule has 0 aliphatic heterocycles. The molecule has 0 N–H and O–H groups in total. The second-order valence-corrected chi connectivity index (χ2v) is 8.33. The van der Waals surface area contributed by atoms with Crippen molar-refractivity contribution in [3.05, 3.63) is 90.0 Å². The third-order valence-electron chi connectivity index (χ3n) is 6.18. The van der Waals surface area contributed by atoms with Crippen molar-refractivity contribution < 1.29 is 4.42 Å². The maximum Gasteiger partial charge on any atom is 0.227 e. The Morgan fingerprint density at radius 1 is 0.750 bits per heavy atom. The van der Waals surface area contributed by atoms with E-state index in [1.54, 1.807) is 0 Å². The number of hydrogen-bond donors (Lipinski definition) is 0. The highest BCUT2D eigenvalue weighted by atomic mass is 16.3. The molecule has 0 aliphatic rings. The van der Waals surface area contributed by atoms with Crippen LogP contribution in [0.1, 0.15) is 16.8 Å². The summed E-state index contributed by atoms with van der Waals surface area (Å²) < 4.78 is 6.23. The molecule has 6 rings (SSSR count). The summed E-state index contributed by atoms with van der Waals surface area (Å²) >= 11 is 0. The van der Waals surface area contributed by atoms with Gasteiger partial charge < -0.3 is 4.42 Å². The lowest BCUT2D eigenvalue weighted by molar-refractivity contribution is 0.653. The topological polar surface area (TPSA) is 51.8 Å². The molecule has 0 amide bonds. The molecule has 0 aliphatic carbocycles. The van der Waals surface area contributed by atoms with Crippen molar-refractivity contribution in [3.8, 4) is 22.4 Å². The predicted molar refractivity (Wildman–Crippen MR) is 130 cm³/mol. The molecule has 2 aromatic carbocycles. The van der Waals surface area contributed by atoms with Gasteiger partial charge in [-0.3, -0.25) is 9.97 Å². The Kier molecular flexibility index (Phi) is 4.08. The number of benzene rings is 2. The highest BCUT2D eigenvalue weighted by Crippen LogP contribution is 2.38. The van der Waals surface area contributed by atoms with E-state index in [2.05, 4.69) is 72.3 Å². The van der Waals surface area contributed by atoms with E-state index in [-0.39, 0.29) is 0 Å². The van der Waals surface area contributed by atoms with Gasteiger partial charge in [0.1, 0.15) is 5.58 Å². The first kappa shape index (κ1) is 18.7. The van der Waals surface area contributed by atoms with E-state index in [1.807, 2.05) is 31.6 Å². The number of furan rings is 1. The van der Waals surface area contributed by atoms with Crippen molar-refractivity contribution in [2.75, 3.05) is 0 Å². The van der Waals surface area contributed by atoms with Crippen LogP contribution in [-0.4, -0.2) is 15.0 Å². The first-order valence-electron chi connectivity index (χ1n) is 10.7. The van der Waals surface area contributed by atoms with E-state index in [0.29, 0.717) is 5.71 Å². The summed E-state index contributed by atoms with van der Waals surface area (Å²) in [6, 6.07) is 18.9. The highest BCUT2D eigenvalue weighted by Gasteiger charge is 2.16. The van der Waals surface area contributed by atoms with Crippen LogP contribution in [0.3, 0.4) is 0 Å². The Bertz CT molecular complexity index is 1660. The second kappa shape index (κ2) is 6.99. The number of aryl methyl sites for hydroxylation is 3. The minimum atomic E-state index is 0.664. The molecule has 0 radical (unpaired) electrons. The molecular weight excluding hydrogens is 394 g/mol. The van der Waals surface area contributed by atoms with Crippen molar-refractivity contribution >= 4 is 32.8 Å². The Balaban J connectivity index is 1.62. The van der Waals surface area contributed by atoms with Crippen LogP contribution in [0, 0.1) is 20.8 Å². The minimum Gasteiger partial charge on any atom is -0.437 e. The third-order valence-corrected chi connectivity index (χ3v) is 6.18. The number of fused-ring (bicyclic) bond motifs is 4. The fourth-order valence-electron chi connectivity index (χ4n) is 4.55. The molecule has 0 spiro atoms. The van der Waals surface area contributed by atoms with E-state index < -0.39 is 0 Å². The van der Waals surface area contributed by atoms with Gasteiger partial charge in [0.25, 0.3) is 0 Å². The summed E-state index contributed by atoms with van der Waals surface area (Å²) in [6.45, 7) is 6.24. The largest absolute Gasteiger partial charge is 0.437 e. The van der Waals surface area contributed by atoms with Gasteiger partial charge in [-0.1, -0.05) is 24.3 Å². The van der Waals surface area contributed by atoms with Gasteiger partial charge in [-0.25, -0.2) is 4.98 Å². The first-order valence-corrected chi connectivity index (χ1v) is 10.7. The van der Waals surface area contributed by atoms with Crippen molar-refractivity contribution in [2.24, 2.45) is 0 Å². The van der Waals surface area contributed by atoms with Gasteiger partial charge in [-0.2, -0.15) is 0 Å². The van der Waals surface area contributed by atoms with Crippen LogP contribution < -0.4 is 0 Å². The van der Waals surface area contributed by atoms with E-state index in [4.69, 9.17) is 9.40 Å². The number of para-hydroxylation sites is 1. The summed E-state index contributed by atoms with van der Waals surface area (Å²) in [6.07, 6.45) is 5.72. The molecule has 154 valence electrons. The van der Waals surface area contributed by atoms with Crippen molar-refractivity contribution in [1.29, 1.82) is 0 Å². The quantitative estimate of drug-likeness (QED) is 0.300. The summed E-state index contributed by atoms with van der Waals surface area (Å²) in [5.41, 5.74) is 9.04. The fourth-order valence-corrected chi connectivity index (χ4v) is 4.55. The van der Waals surface area contributed by atoms with Gasteiger partial charge in [0, 0.05) is 46.0 Å². The average molecular weight is 415 g/mol. The van der Waals surface area contributed by atoms with Crippen LogP contribution in [0.5, 0.6) is 0 Å². The van der Waals surface area contributed by atoms with Crippen LogP contribution >= 0.6 is 0 Å². The van der Waals surface area contributed by atoms with Gasteiger partial charge in [-0.15, -0.1) is 0 Å². The maximum atomic E-state index is 6.23. The maximum absolute atomic E-state index is 6.23. The summed E-state index contributed by atoms with van der Waals surface area (Å²) in [4.78, 5) is 13.7. The van der Waals surface area contributed by atoms with Gasteiger partial charge >= 0.3 is 0 Å². The second-order valence-electron chi connectivity index (χ2n) is 8.33. The molecule has 4 heteroatoms. The van der Waals surface area contributed by atoms with E-state index in [1.165, 1.54) is 22.1 Å². The van der Waals surface area contributed by atoms with Crippen LogP contribution in [0.2, 0.25) is 0 Å². The predicted octanol–water partition coefficient (Wildman–Crippen LogP) is 7.18. The molecule has 0 unspecified atom stereocenters. The SMILES string of the molecule is Cc1ccc2c(n1)oc1c(-c3cc(-c4c(C)ccc5cnccc45)c(C)cn3)cccc12. The lowest BCUT2D eigenvalue weighted by atomic mass is 9.92. The fraction of sp³-hybridized carbons (Fsp3) is 0.107. The number of hydrogen-bond acceptors (Lipinski definition) is 4. The number of aromatic nitrogens is 3. The molecule has 6 aromatic rings. The van der Waals surface area contributed by atoms with Gasteiger partial charge in [0.15, 0.2) is 0 Å². The molecule has 0 bridgehead atoms. The molecule has 4 nitrogen and oxygen atoms in total. The van der Waals surface area contributed by atoms with Crippen LogP contribution in [0.4, 0.5) is 0 Å². The monoisotopic (exact) mass is 415 g/mol. The lowest BCUT2D eigenvalue weighted by Gasteiger charge is -2.14. The van der Waals surface area contributed by atoms with Gasteiger partial charge in [0.2, 0.25) is 5.71 Å². The summed E-state index contributed by atoms with van der Waals surface area (Å²) in [5, 5.41) is 4.41. The molecule has 0 atom stereocenters. The van der Waals surface area contributed by atoms with Crippen molar-refractivity contribution in [1.82, 2.24) is 15.0 Å². The van der Waals surface area contributed by atoms with Crippen LogP contribution in [0.15, 0.2) is 77.6 Å². The van der Waals surface area contributed by atoms with Crippen molar-refractivity contribution in [3.63, 3.8) is 0 Å². The van der Waals surface area contributed by atoms with E-state index >= 15 is 0 Å². The lowest BCUT2D eigenvalue weighted by Crippen LogP contribution is -1.93. The minimum absolute atomic E-state index is 0.664. The molecule has 4 aromatic heterocycles. The zero-order valence-electron chi connectivity index (χ0n) is 18.2. The first-order chi connectivity index (χ1) is 15.6. The smallest absolute Gasteiger partial charge is 0.227 e.